The molecule has 1 fully saturated rings. The van der Waals surface area contributed by atoms with Crippen LogP contribution in [0.2, 0.25) is 0 Å². The van der Waals surface area contributed by atoms with Crippen LogP contribution in [0.1, 0.15) is 36.9 Å². The van der Waals surface area contributed by atoms with Crippen molar-refractivity contribution < 1.29 is 9.90 Å². The smallest absolute Gasteiger partial charge is 0.323 e. The zero-order valence-electron chi connectivity index (χ0n) is 13.0. The summed E-state index contributed by atoms with van der Waals surface area (Å²) in [4.78, 5) is 25.8. The SMILES string of the molecule is NC1(C(=O)O)CCN(c2ncnc3[nH]c4c(c23)CCCC4)CC1. The summed E-state index contributed by atoms with van der Waals surface area (Å²) in [7, 11) is 0. The largest absolute Gasteiger partial charge is 0.480 e. The van der Waals surface area contributed by atoms with Crippen LogP contribution in [0.4, 0.5) is 5.82 Å². The number of hydrogen-bond donors (Lipinski definition) is 3. The average molecular weight is 315 g/mol. The molecule has 4 rings (SSSR count). The highest BCUT2D eigenvalue weighted by molar-refractivity contribution is 5.92. The number of carbonyl (C=O) groups is 1. The predicted octanol–water partition coefficient (Wildman–Crippen LogP) is 1.22. The van der Waals surface area contributed by atoms with Crippen LogP contribution in [-0.2, 0) is 17.6 Å². The average Bonchev–Trinajstić information content (AvgIpc) is 2.94. The number of carboxylic acids is 1. The molecular weight excluding hydrogens is 294 g/mol. The number of fused-ring (bicyclic) bond motifs is 3. The number of aryl methyl sites for hydroxylation is 2. The van der Waals surface area contributed by atoms with Crippen LogP contribution in [0.3, 0.4) is 0 Å². The molecule has 1 aliphatic heterocycles. The number of aromatic nitrogens is 3. The Morgan fingerprint density at radius 1 is 1.26 bits per heavy atom. The minimum Gasteiger partial charge on any atom is -0.480 e. The van der Waals surface area contributed by atoms with Crippen molar-refractivity contribution in [2.75, 3.05) is 18.0 Å². The second-order valence-electron chi connectivity index (χ2n) is 6.66. The Labute approximate surface area is 133 Å². The van der Waals surface area contributed by atoms with Gasteiger partial charge in [0.05, 0.1) is 5.39 Å². The van der Waals surface area contributed by atoms with Gasteiger partial charge in [0, 0.05) is 18.8 Å². The standard InChI is InChI=1S/C16H21N5O2/c17-16(15(22)23)5-7-21(8-6-16)14-12-10-3-1-2-4-11(10)20-13(12)18-9-19-14/h9H,1-8,17H2,(H,22,23)(H,18,19,20). The molecule has 0 radical (unpaired) electrons. The molecule has 122 valence electrons. The molecule has 1 saturated heterocycles. The summed E-state index contributed by atoms with van der Waals surface area (Å²) < 4.78 is 0. The van der Waals surface area contributed by atoms with E-state index in [1.807, 2.05) is 0 Å². The molecule has 0 spiro atoms. The van der Waals surface area contributed by atoms with Gasteiger partial charge in [-0.3, -0.25) is 4.79 Å². The first-order valence-corrected chi connectivity index (χ1v) is 8.20. The number of aliphatic carboxylic acids is 1. The van der Waals surface area contributed by atoms with Crippen molar-refractivity contribution >= 4 is 22.8 Å². The fraction of sp³-hybridized carbons (Fsp3) is 0.562. The minimum atomic E-state index is -1.11. The number of anilines is 1. The predicted molar refractivity (Wildman–Crippen MR) is 86.5 cm³/mol. The summed E-state index contributed by atoms with van der Waals surface area (Å²) in [5.41, 5.74) is 8.38. The molecule has 2 aliphatic rings. The summed E-state index contributed by atoms with van der Waals surface area (Å²) in [6.45, 7) is 1.21. The number of H-pyrrole nitrogens is 1. The molecule has 0 atom stereocenters. The first kappa shape index (κ1) is 14.4. The Morgan fingerprint density at radius 3 is 2.74 bits per heavy atom. The molecule has 0 saturated carbocycles. The number of aromatic amines is 1. The summed E-state index contributed by atoms with van der Waals surface area (Å²) in [6.07, 6.45) is 6.97. The maximum absolute atomic E-state index is 11.3. The Bertz CT molecular complexity index is 761. The van der Waals surface area contributed by atoms with Gasteiger partial charge >= 0.3 is 5.97 Å². The van der Waals surface area contributed by atoms with Crippen LogP contribution in [0, 0.1) is 0 Å². The Morgan fingerprint density at radius 2 is 2.00 bits per heavy atom. The van der Waals surface area contributed by atoms with Crippen molar-refractivity contribution in [3.63, 3.8) is 0 Å². The van der Waals surface area contributed by atoms with E-state index in [0.717, 1.165) is 29.7 Å². The minimum absolute atomic E-state index is 0.431. The number of nitrogens with one attached hydrogen (secondary N) is 1. The van der Waals surface area contributed by atoms with Gasteiger partial charge in [-0.1, -0.05) is 0 Å². The van der Waals surface area contributed by atoms with Gasteiger partial charge in [0.25, 0.3) is 0 Å². The van der Waals surface area contributed by atoms with E-state index in [-0.39, 0.29) is 0 Å². The van der Waals surface area contributed by atoms with Crippen molar-refractivity contribution in [1.29, 1.82) is 0 Å². The third-order valence-electron chi connectivity index (χ3n) is 5.25. The molecule has 2 aromatic rings. The quantitative estimate of drug-likeness (QED) is 0.769. The van der Waals surface area contributed by atoms with Crippen molar-refractivity contribution in [1.82, 2.24) is 15.0 Å². The lowest BCUT2D eigenvalue weighted by atomic mass is 9.88. The molecule has 3 heterocycles. The number of piperidine rings is 1. The molecule has 1 aliphatic carbocycles. The molecule has 7 heteroatoms. The molecule has 7 nitrogen and oxygen atoms in total. The van der Waals surface area contributed by atoms with Crippen molar-refractivity contribution in [2.45, 2.75) is 44.1 Å². The van der Waals surface area contributed by atoms with Gasteiger partial charge in [0.2, 0.25) is 0 Å². The summed E-state index contributed by atoms with van der Waals surface area (Å²) in [6, 6.07) is 0. The van der Waals surface area contributed by atoms with E-state index in [0.29, 0.717) is 25.9 Å². The van der Waals surface area contributed by atoms with Gasteiger partial charge in [-0.05, 0) is 44.1 Å². The van der Waals surface area contributed by atoms with Gasteiger partial charge in [-0.15, -0.1) is 0 Å². The fourth-order valence-electron chi connectivity index (χ4n) is 3.78. The van der Waals surface area contributed by atoms with E-state index >= 15 is 0 Å². The molecule has 23 heavy (non-hydrogen) atoms. The van der Waals surface area contributed by atoms with Crippen LogP contribution >= 0.6 is 0 Å². The zero-order valence-corrected chi connectivity index (χ0v) is 13.0. The molecule has 0 bridgehead atoms. The maximum atomic E-state index is 11.3. The van der Waals surface area contributed by atoms with E-state index in [9.17, 15) is 9.90 Å². The van der Waals surface area contributed by atoms with Gasteiger partial charge in [0.1, 0.15) is 23.3 Å². The van der Waals surface area contributed by atoms with E-state index in [4.69, 9.17) is 5.73 Å². The highest BCUT2D eigenvalue weighted by atomic mass is 16.4. The molecule has 0 aromatic carbocycles. The Balaban J connectivity index is 1.70. The van der Waals surface area contributed by atoms with Crippen LogP contribution in [0.5, 0.6) is 0 Å². The lowest BCUT2D eigenvalue weighted by Crippen LogP contribution is -2.55. The third-order valence-corrected chi connectivity index (χ3v) is 5.25. The van der Waals surface area contributed by atoms with Gasteiger partial charge in [-0.2, -0.15) is 0 Å². The van der Waals surface area contributed by atoms with Crippen LogP contribution in [-0.4, -0.2) is 44.7 Å². The zero-order chi connectivity index (χ0) is 16.0. The normalized spacial score (nSPS) is 20.5. The lowest BCUT2D eigenvalue weighted by molar-refractivity contribution is -0.144. The second kappa shape index (κ2) is 5.19. The number of carboxylic acid groups (broad SMARTS) is 1. The second-order valence-corrected chi connectivity index (χ2v) is 6.66. The van der Waals surface area contributed by atoms with Crippen molar-refractivity contribution in [2.24, 2.45) is 5.73 Å². The fourth-order valence-corrected chi connectivity index (χ4v) is 3.78. The van der Waals surface area contributed by atoms with Gasteiger partial charge in [0.15, 0.2) is 0 Å². The molecule has 2 aromatic heterocycles. The lowest BCUT2D eigenvalue weighted by Gasteiger charge is -2.37. The van der Waals surface area contributed by atoms with Crippen LogP contribution in [0.15, 0.2) is 6.33 Å². The maximum Gasteiger partial charge on any atom is 0.323 e. The van der Waals surface area contributed by atoms with E-state index in [1.54, 1.807) is 6.33 Å². The van der Waals surface area contributed by atoms with Gasteiger partial charge in [-0.25, -0.2) is 9.97 Å². The third kappa shape index (κ3) is 2.26. The molecule has 4 N–H and O–H groups in total. The van der Waals surface area contributed by atoms with Crippen molar-refractivity contribution in [3.05, 3.63) is 17.6 Å². The van der Waals surface area contributed by atoms with E-state index in [1.165, 1.54) is 24.1 Å². The highest BCUT2D eigenvalue weighted by Crippen LogP contribution is 2.35. The molecule has 0 unspecified atom stereocenters. The van der Waals surface area contributed by atoms with E-state index in [2.05, 4.69) is 19.9 Å². The number of nitrogens with zero attached hydrogens (tertiary/aromatic N) is 3. The van der Waals surface area contributed by atoms with E-state index < -0.39 is 11.5 Å². The number of rotatable bonds is 2. The number of hydrogen-bond acceptors (Lipinski definition) is 5. The summed E-state index contributed by atoms with van der Waals surface area (Å²) in [5, 5.41) is 10.4. The Hall–Kier alpha value is -2.15. The summed E-state index contributed by atoms with van der Waals surface area (Å²) >= 11 is 0. The first-order chi connectivity index (χ1) is 11.1. The molecule has 0 amide bonds. The Kier molecular flexibility index (Phi) is 3.26. The monoisotopic (exact) mass is 315 g/mol. The van der Waals surface area contributed by atoms with Crippen LogP contribution in [0.25, 0.3) is 11.0 Å². The molecular formula is C16H21N5O2. The highest BCUT2D eigenvalue weighted by Gasteiger charge is 2.38. The van der Waals surface area contributed by atoms with Crippen LogP contribution < -0.4 is 10.6 Å². The van der Waals surface area contributed by atoms with Crippen molar-refractivity contribution in [3.8, 4) is 0 Å². The first-order valence-electron chi connectivity index (χ1n) is 8.20. The topological polar surface area (TPSA) is 108 Å². The number of nitrogens with two attached hydrogens (primary N) is 1. The van der Waals surface area contributed by atoms with Gasteiger partial charge < -0.3 is 20.7 Å². The summed E-state index contributed by atoms with van der Waals surface area (Å²) in [5.74, 6) is 0.00541.